The molecule has 1 fully saturated rings. The molecule has 88 valence electrons. The van der Waals surface area contributed by atoms with E-state index in [0.717, 1.165) is 25.9 Å². The standard InChI is InChI=1S/C11H22N2O2/c1-3-9(14)4-6-13-10(15)11(2)5-7-12-8-11/h9,12,14H,3-8H2,1-2H3,(H,13,15). The van der Waals surface area contributed by atoms with E-state index < -0.39 is 0 Å². The molecule has 2 atom stereocenters. The predicted molar refractivity (Wildman–Crippen MR) is 59.5 cm³/mol. The van der Waals surface area contributed by atoms with Crippen LogP contribution < -0.4 is 10.6 Å². The van der Waals surface area contributed by atoms with Gasteiger partial charge in [-0.25, -0.2) is 0 Å². The Labute approximate surface area is 91.4 Å². The monoisotopic (exact) mass is 214 g/mol. The van der Waals surface area contributed by atoms with Gasteiger partial charge >= 0.3 is 0 Å². The molecular weight excluding hydrogens is 192 g/mol. The molecular formula is C11H22N2O2. The quantitative estimate of drug-likeness (QED) is 0.615. The molecule has 4 nitrogen and oxygen atoms in total. The summed E-state index contributed by atoms with van der Waals surface area (Å²) in [6, 6.07) is 0. The fourth-order valence-electron chi connectivity index (χ4n) is 1.78. The minimum absolute atomic E-state index is 0.107. The number of rotatable bonds is 5. The van der Waals surface area contributed by atoms with E-state index in [1.165, 1.54) is 0 Å². The minimum atomic E-state index is -0.292. The van der Waals surface area contributed by atoms with Gasteiger partial charge in [0.1, 0.15) is 0 Å². The van der Waals surface area contributed by atoms with Crippen molar-refractivity contribution >= 4 is 5.91 Å². The second-order valence-electron chi connectivity index (χ2n) is 4.59. The molecule has 0 aromatic rings. The van der Waals surface area contributed by atoms with Crippen molar-refractivity contribution in [2.75, 3.05) is 19.6 Å². The Bertz CT molecular complexity index is 213. The molecule has 15 heavy (non-hydrogen) atoms. The van der Waals surface area contributed by atoms with Gasteiger partial charge in [-0.1, -0.05) is 6.92 Å². The van der Waals surface area contributed by atoms with E-state index in [1.54, 1.807) is 0 Å². The van der Waals surface area contributed by atoms with Crippen LogP contribution in [0.5, 0.6) is 0 Å². The smallest absolute Gasteiger partial charge is 0.227 e. The van der Waals surface area contributed by atoms with Gasteiger partial charge in [-0.2, -0.15) is 0 Å². The van der Waals surface area contributed by atoms with Crippen LogP contribution in [0, 0.1) is 5.41 Å². The fourth-order valence-corrected chi connectivity index (χ4v) is 1.78. The number of hydrogen-bond acceptors (Lipinski definition) is 3. The van der Waals surface area contributed by atoms with Gasteiger partial charge < -0.3 is 15.7 Å². The van der Waals surface area contributed by atoms with Gasteiger partial charge in [0.2, 0.25) is 5.91 Å². The molecule has 0 aliphatic carbocycles. The SMILES string of the molecule is CCC(O)CCNC(=O)C1(C)CCNC1. The number of carbonyl (C=O) groups is 1. The van der Waals surface area contributed by atoms with Crippen LogP contribution in [0.2, 0.25) is 0 Å². The van der Waals surface area contributed by atoms with Crippen molar-refractivity contribution in [1.29, 1.82) is 0 Å². The molecule has 0 aromatic carbocycles. The van der Waals surface area contributed by atoms with Crippen molar-refractivity contribution in [2.24, 2.45) is 5.41 Å². The van der Waals surface area contributed by atoms with Crippen LogP contribution in [0.25, 0.3) is 0 Å². The first-order valence-electron chi connectivity index (χ1n) is 5.75. The third-order valence-electron chi connectivity index (χ3n) is 3.15. The van der Waals surface area contributed by atoms with Crippen molar-refractivity contribution in [3.63, 3.8) is 0 Å². The van der Waals surface area contributed by atoms with E-state index in [1.807, 2.05) is 13.8 Å². The molecule has 0 spiro atoms. The summed E-state index contributed by atoms with van der Waals surface area (Å²) in [6.07, 6.45) is 2.00. The maximum atomic E-state index is 11.8. The molecule has 1 amide bonds. The lowest BCUT2D eigenvalue weighted by Gasteiger charge is -2.21. The van der Waals surface area contributed by atoms with E-state index in [0.29, 0.717) is 13.0 Å². The van der Waals surface area contributed by atoms with Crippen LogP contribution in [0.1, 0.15) is 33.1 Å². The molecule has 1 aliphatic heterocycles. The largest absolute Gasteiger partial charge is 0.393 e. The molecule has 0 bridgehead atoms. The number of aliphatic hydroxyl groups is 1. The molecule has 1 heterocycles. The lowest BCUT2D eigenvalue weighted by Crippen LogP contribution is -2.41. The van der Waals surface area contributed by atoms with Gasteiger partial charge in [-0.15, -0.1) is 0 Å². The summed E-state index contributed by atoms with van der Waals surface area (Å²) < 4.78 is 0. The average Bonchev–Trinajstić information content (AvgIpc) is 2.66. The molecule has 0 aromatic heterocycles. The summed E-state index contributed by atoms with van der Waals surface area (Å²) in [5, 5.41) is 15.4. The van der Waals surface area contributed by atoms with Crippen LogP contribution in [-0.4, -0.2) is 36.8 Å². The third kappa shape index (κ3) is 3.47. The summed E-state index contributed by atoms with van der Waals surface area (Å²) in [6.45, 7) is 6.17. The van der Waals surface area contributed by atoms with Gasteiger partial charge in [-0.3, -0.25) is 4.79 Å². The number of amides is 1. The number of carbonyl (C=O) groups excluding carboxylic acids is 1. The Kier molecular flexibility index (Phi) is 4.54. The Morgan fingerprint density at radius 1 is 1.67 bits per heavy atom. The predicted octanol–water partition coefficient (Wildman–Crippen LogP) is 0.263. The van der Waals surface area contributed by atoms with Crippen molar-refractivity contribution in [1.82, 2.24) is 10.6 Å². The Hall–Kier alpha value is -0.610. The van der Waals surface area contributed by atoms with E-state index in [2.05, 4.69) is 10.6 Å². The molecule has 3 N–H and O–H groups in total. The van der Waals surface area contributed by atoms with Gasteiger partial charge in [0.25, 0.3) is 0 Å². The van der Waals surface area contributed by atoms with Crippen LogP contribution in [0.15, 0.2) is 0 Å². The van der Waals surface area contributed by atoms with Crippen molar-refractivity contribution in [2.45, 2.75) is 39.2 Å². The Morgan fingerprint density at radius 3 is 2.93 bits per heavy atom. The van der Waals surface area contributed by atoms with Crippen LogP contribution >= 0.6 is 0 Å². The lowest BCUT2D eigenvalue weighted by molar-refractivity contribution is -0.129. The van der Waals surface area contributed by atoms with Crippen LogP contribution in [-0.2, 0) is 4.79 Å². The summed E-state index contributed by atoms with van der Waals surface area (Å²) >= 11 is 0. The topological polar surface area (TPSA) is 61.4 Å². The second-order valence-corrected chi connectivity index (χ2v) is 4.59. The zero-order valence-corrected chi connectivity index (χ0v) is 9.68. The summed E-state index contributed by atoms with van der Waals surface area (Å²) in [5.41, 5.74) is -0.253. The molecule has 0 saturated carbocycles. The van der Waals surface area contributed by atoms with E-state index in [-0.39, 0.29) is 17.4 Å². The zero-order chi connectivity index (χ0) is 11.3. The highest BCUT2D eigenvalue weighted by atomic mass is 16.3. The van der Waals surface area contributed by atoms with E-state index in [9.17, 15) is 9.90 Å². The molecule has 1 saturated heterocycles. The number of nitrogens with one attached hydrogen (secondary N) is 2. The molecule has 1 aliphatic rings. The van der Waals surface area contributed by atoms with Crippen molar-refractivity contribution in [3.05, 3.63) is 0 Å². The molecule has 2 unspecified atom stereocenters. The highest BCUT2D eigenvalue weighted by Crippen LogP contribution is 2.24. The highest BCUT2D eigenvalue weighted by molar-refractivity contribution is 5.82. The maximum absolute atomic E-state index is 11.8. The van der Waals surface area contributed by atoms with Gasteiger partial charge in [0.15, 0.2) is 0 Å². The summed E-state index contributed by atoms with van der Waals surface area (Å²) in [7, 11) is 0. The normalized spacial score (nSPS) is 27.7. The Balaban J connectivity index is 2.24. The maximum Gasteiger partial charge on any atom is 0.227 e. The average molecular weight is 214 g/mol. The van der Waals surface area contributed by atoms with Gasteiger partial charge in [-0.05, 0) is 32.7 Å². The summed E-state index contributed by atoms with van der Waals surface area (Å²) in [4.78, 5) is 11.8. The first-order valence-corrected chi connectivity index (χ1v) is 5.75. The molecule has 4 heteroatoms. The fraction of sp³-hybridized carbons (Fsp3) is 0.909. The van der Waals surface area contributed by atoms with E-state index in [4.69, 9.17) is 0 Å². The molecule has 0 radical (unpaired) electrons. The second kappa shape index (κ2) is 5.47. The van der Waals surface area contributed by atoms with Gasteiger partial charge in [0, 0.05) is 13.1 Å². The van der Waals surface area contributed by atoms with E-state index >= 15 is 0 Å². The van der Waals surface area contributed by atoms with Crippen molar-refractivity contribution in [3.8, 4) is 0 Å². The van der Waals surface area contributed by atoms with Crippen LogP contribution in [0.4, 0.5) is 0 Å². The Morgan fingerprint density at radius 2 is 2.40 bits per heavy atom. The third-order valence-corrected chi connectivity index (χ3v) is 3.15. The lowest BCUT2D eigenvalue weighted by atomic mass is 9.89. The number of hydrogen-bond donors (Lipinski definition) is 3. The first-order chi connectivity index (χ1) is 7.08. The van der Waals surface area contributed by atoms with Gasteiger partial charge in [0.05, 0.1) is 11.5 Å². The summed E-state index contributed by atoms with van der Waals surface area (Å²) in [5.74, 6) is 0.107. The molecule has 1 rings (SSSR count). The zero-order valence-electron chi connectivity index (χ0n) is 9.68. The van der Waals surface area contributed by atoms with Crippen LogP contribution in [0.3, 0.4) is 0 Å². The highest BCUT2D eigenvalue weighted by Gasteiger charge is 2.35. The van der Waals surface area contributed by atoms with Crippen molar-refractivity contribution < 1.29 is 9.90 Å². The minimum Gasteiger partial charge on any atom is -0.393 e. The number of aliphatic hydroxyl groups excluding tert-OH is 1. The first kappa shape index (κ1) is 12.5.